The summed E-state index contributed by atoms with van der Waals surface area (Å²) in [6.07, 6.45) is 0. The molecule has 1 aliphatic carbocycles. The topological polar surface area (TPSA) is 12.5 Å². The van der Waals surface area contributed by atoms with Gasteiger partial charge in [0.1, 0.15) is 11.5 Å². The summed E-state index contributed by atoms with van der Waals surface area (Å²) in [6, 6.07) is 85.9. The molecule has 0 unspecified atom stereocenters. The summed E-state index contributed by atoms with van der Waals surface area (Å²) in [6.45, 7) is 0. The van der Waals surface area contributed by atoms with Gasteiger partial charge in [-0.2, -0.15) is 0 Å². The molecule has 12 rings (SSSR count). The van der Waals surface area contributed by atoms with Crippen molar-refractivity contribution in [2.75, 3.05) is 4.90 Å². The van der Waals surface area contributed by atoms with E-state index in [1.165, 1.54) is 55.3 Å². The zero-order valence-corrected chi connectivity index (χ0v) is 33.4. The molecule has 2 nitrogen and oxygen atoms in total. The van der Waals surface area contributed by atoms with Crippen LogP contribution in [0.15, 0.2) is 237 Å². The van der Waals surface area contributed by atoms with Crippen molar-refractivity contribution >= 4 is 27.8 Å². The van der Waals surface area contributed by atoms with Crippen LogP contribution in [0.2, 0.25) is 0 Å². The van der Waals surface area contributed by atoms with Gasteiger partial charge in [-0.1, -0.05) is 194 Å². The number of anilines is 3. The lowest BCUT2D eigenvalue weighted by Gasteiger charge is -2.35. The third-order valence-electron chi connectivity index (χ3n) is 12.8. The van der Waals surface area contributed by atoms with Gasteiger partial charge in [-0.3, -0.25) is 0 Å². The van der Waals surface area contributed by atoms with Gasteiger partial charge in [0.05, 0.1) is 11.1 Å². The lowest BCUT2D eigenvalue weighted by molar-refractivity contribution is 0.488. The summed E-state index contributed by atoms with van der Waals surface area (Å²) < 4.78 is 7.07. The van der Waals surface area contributed by atoms with Crippen LogP contribution in [-0.4, -0.2) is 0 Å². The molecule has 0 radical (unpaired) electrons. The maximum Gasteiger partial charge on any atom is 0.137 e. The van der Waals surface area contributed by atoms with Gasteiger partial charge < -0.3 is 9.64 Å². The van der Waals surface area contributed by atoms with Crippen molar-refractivity contribution < 1.29 is 4.74 Å². The number of nitrogens with zero attached hydrogens (tertiary/aromatic N) is 1. The van der Waals surface area contributed by atoms with Crippen LogP contribution in [0, 0.1) is 0 Å². The molecule has 0 fully saturated rings. The summed E-state index contributed by atoms with van der Waals surface area (Å²) in [4.78, 5) is 2.44. The number of fused-ring (bicyclic) bond motifs is 10. The second kappa shape index (κ2) is 14.1. The van der Waals surface area contributed by atoms with Gasteiger partial charge in [0.15, 0.2) is 0 Å². The highest BCUT2D eigenvalue weighted by molar-refractivity contribution is 6.07. The molecule has 1 heterocycles. The monoisotopic (exact) mass is 777 g/mol. The molecule has 1 aliphatic heterocycles. The fraction of sp³-hybridized carbons (Fsp3) is 0.0169. The minimum absolute atomic E-state index is 0.542. The Morgan fingerprint density at radius 1 is 0.344 bits per heavy atom. The van der Waals surface area contributed by atoms with Crippen molar-refractivity contribution in [3.8, 4) is 56.0 Å². The van der Waals surface area contributed by atoms with Crippen molar-refractivity contribution in [2.24, 2.45) is 0 Å². The largest absolute Gasteiger partial charge is 0.456 e. The first-order valence-corrected chi connectivity index (χ1v) is 21.0. The highest BCUT2D eigenvalue weighted by Gasteiger charge is 2.46. The summed E-state index contributed by atoms with van der Waals surface area (Å²) in [5.41, 5.74) is 16.9. The van der Waals surface area contributed by atoms with Crippen LogP contribution in [0.25, 0.3) is 55.3 Å². The molecule has 286 valence electrons. The second-order valence-corrected chi connectivity index (χ2v) is 16.0. The van der Waals surface area contributed by atoms with Gasteiger partial charge in [-0.15, -0.1) is 0 Å². The number of hydrogen-bond donors (Lipinski definition) is 0. The number of ether oxygens (including phenoxy) is 1. The maximum atomic E-state index is 7.07. The van der Waals surface area contributed by atoms with Crippen LogP contribution in [-0.2, 0) is 5.41 Å². The second-order valence-electron chi connectivity index (χ2n) is 16.0. The Labute approximate surface area is 356 Å². The SMILES string of the molecule is c1ccc(-c2ccc(N(c3ccc4c(c3)C(c3ccccc3)(c3ccccc3)c3ccccc3-4)c3cccc4c3-c3ccccc3-c3c(ccc5ccccc35)O4)cc2)cc1. The van der Waals surface area contributed by atoms with Gasteiger partial charge in [0.2, 0.25) is 0 Å². The molecule has 0 aromatic heterocycles. The Morgan fingerprint density at radius 3 is 1.64 bits per heavy atom. The van der Waals surface area contributed by atoms with Crippen molar-refractivity contribution in [1.29, 1.82) is 0 Å². The molecular formula is C59H39NO. The minimum Gasteiger partial charge on any atom is -0.456 e. The Bertz CT molecular complexity index is 3220. The van der Waals surface area contributed by atoms with Gasteiger partial charge >= 0.3 is 0 Å². The molecule has 2 aliphatic rings. The molecule has 0 amide bonds. The summed E-state index contributed by atoms with van der Waals surface area (Å²) in [7, 11) is 0. The third-order valence-corrected chi connectivity index (χ3v) is 12.8. The molecule has 10 aromatic rings. The number of hydrogen-bond acceptors (Lipinski definition) is 2. The first-order chi connectivity index (χ1) is 30.3. The van der Waals surface area contributed by atoms with E-state index in [1.807, 2.05) is 0 Å². The van der Waals surface area contributed by atoms with Crippen molar-refractivity contribution in [3.05, 3.63) is 259 Å². The number of rotatable bonds is 6. The van der Waals surface area contributed by atoms with Crippen LogP contribution in [0.5, 0.6) is 11.5 Å². The van der Waals surface area contributed by atoms with Crippen molar-refractivity contribution in [1.82, 2.24) is 0 Å². The normalized spacial score (nSPS) is 12.9. The molecule has 0 spiro atoms. The lowest BCUT2D eigenvalue weighted by atomic mass is 9.67. The van der Waals surface area contributed by atoms with E-state index in [1.54, 1.807) is 0 Å². The predicted octanol–water partition coefficient (Wildman–Crippen LogP) is 15.8. The Morgan fingerprint density at radius 2 is 0.902 bits per heavy atom. The molecule has 61 heavy (non-hydrogen) atoms. The Hall–Kier alpha value is -7.94. The van der Waals surface area contributed by atoms with E-state index in [4.69, 9.17) is 4.74 Å². The Kier molecular flexibility index (Phi) is 8.11. The zero-order valence-electron chi connectivity index (χ0n) is 33.4. The van der Waals surface area contributed by atoms with E-state index in [0.717, 1.165) is 50.8 Å². The van der Waals surface area contributed by atoms with Crippen LogP contribution < -0.4 is 9.64 Å². The van der Waals surface area contributed by atoms with Gasteiger partial charge in [0, 0.05) is 22.5 Å². The van der Waals surface area contributed by atoms with Gasteiger partial charge in [-0.25, -0.2) is 0 Å². The zero-order chi connectivity index (χ0) is 40.3. The quantitative estimate of drug-likeness (QED) is 0.167. The van der Waals surface area contributed by atoms with Crippen molar-refractivity contribution in [3.63, 3.8) is 0 Å². The standard InChI is InChI=1S/C59H39NO/c1-4-17-40(18-5-1)41-31-34-45(35-32-41)60(54-29-16-30-55-58(54)51-27-13-12-26-50(51)57-47-24-11-10-19-42(47)33-38-56(57)61-55)46-36-37-49-48-25-14-15-28-52(48)59(53(49)39-46,43-20-6-2-7-21-43)44-22-8-3-9-23-44/h1-39H. The predicted molar refractivity (Wildman–Crippen MR) is 252 cm³/mol. The van der Waals surface area contributed by atoms with Crippen LogP contribution in [0.3, 0.4) is 0 Å². The fourth-order valence-electron chi connectivity index (χ4n) is 10.1. The smallest absolute Gasteiger partial charge is 0.137 e. The maximum absolute atomic E-state index is 7.07. The average molecular weight is 778 g/mol. The molecule has 10 aromatic carbocycles. The summed E-state index contributed by atoms with van der Waals surface area (Å²) >= 11 is 0. The molecular weight excluding hydrogens is 739 g/mol. The molecule has 0 saturated heterocycles. The van der Waals surface area contributed by atoms with Crippen LogP contribution >= 0.6 is 0 Å². The first-order valence-electron chi connectivity index (χ1n) is 21.0. The highest BCUT2D eigenvalue weighted by Crippen LogP contribution is 2.59. The average Bonchev–Trinajstić information content (AvgIpc) is 3.54. The van der Waals surface area contributed by atoms with E-state index < -0.39 is 5.41 Å². The van der Waals surface area contributed by atoms with E-state index >= 15 is 0 Å². The van der Waals surface area contributed by atoms with E-state index in [0.29, 0.717) is 0 Å². The lowest BCUT2D eigenvalue weighted by Crippen LogP contribution is -2.28. The van der Waals surface area contributed by atoms with Crippen LogP contribution in [0.4, 0.5) is 17.1 Å². The van der Waals surface area contributed by atoms with Crippen LogP contribution in [0.1, 0.15) is 22.3 Å². The van der Waals surface area contributed by atoms with Gasteiger partial charge in [-0.05, 0) is 109 Å². The fourth-order valence-corrected chi connectivity index (χ4v) is 10.1. The molecule has 0 N–H and O–H groups in total. The minimum atomic E-state index is -0.542. The summed E-state index contributed by atoms with van der Waals surface area (Å²) in [5.74, 6) is 1.67. The van der Waals surface area contributed by atoms with E-state index in [9.17, 15) is 0 Å². The Balaban J connectivity index is 1.13. The van der Waals surface area contributed by atoms with Gasteiger partial charge in [0.25, 0.3) is 0 Å². The molecule has 0 atom stereocenters. The summed E-state index contributed by atoms with van der Waals surface area (Å²) in [5, 5.41) is 2.36. The molecule has 0 saturated carbocycles. The van der Waals surface area contributed by atoms with E-state index in [2.05, 4.69) is 241 Å². The molecule has 0 bridgehead atoms. The number of benzene rings is 10. The van der Waals surface area contributed by atoms with E-state index in [-0.39, 0.29) is 0 Å². The first kappa shape index (κ1) is 35.0. The van der Waals surface area contributed by atoms with Crippen molar-refractivity contribution in [2.45, 2.75) is 5.41 Å². The molecule has 2 heteroatoms. The highest BCUT2D eigenvalue weighted by atomic mass is 16.5. The third kappa shape index (κ3) is 5.43.